The molecular formula is C25H17ClN4O3. The van der Waals surface area contributed by atoms with Gasteiger partial charge in [0, 0.05) is 34.3 Å². The minimum Gasteiger partial charge on any atom is -0.376 e. The molecule has 1 aromatic heterocycles. The van der Waals surface area contributed by atoms with Crippen molar-refractivity contribution in [2.75, 3.05) is 5.32 Å². The van der Waals surface area contributed by atoms with E-state index < -0.39 is 0 Å². The highest BCUT2D eigenvalue weighted by atomic mass is 35.5. The van der Waals surface area contributed by atoms with E-state index in [0.29, 0.717) is 22.4 Å². The van der Waals surface area contributed by atoms with Crippen molar-refractivity contribution in [3.8, 4) is 0 Å². The Kier molecular flexibility index (Phi) is 5.24. The Morgan fingerprint density at radius 3 is 2.42 bits per heavy atom. The van der Waals surface area contributed by atoms with Crippen LogP contribution in [0.1, 0.15) is 36.6 Å². The molecule has 0 radical (unpaired) electrons. The van der Waals surface area contributed by atoms with E-state index in [4.69, 9.17) is 11.6 Å². The lowest BCUT2D eigenvalue weighted by Gasteiger charge is -2.19. The highest BCUT2D eigenvalue weighted by molar-refractivity contribution is 6.49. The first-order chi connectivity index (χ1) is 16.0. The number of hydrogen-bond donors (Lipinski definition) is 3. The van der Waals surface area contributed by atoms with Crippen LogP contribution < -0.4 is 10.6 Å². The van der Waals surface area contributed by atoms with Crippen LogP contribution >= 0.6 is 11.6 Å². The van der Waals surface area contributed by atoms with Gasteiger partial charge in [-0.3, -0.25) is 19.5 Å². The first-order valence-corrected chi connectivity index (χ1v) is 10.5. The highest BCUT2D eigenvalue weighted by Gasteiger charge is 2.30. The van der Waals surface area contributed by atoms with Crippen molar-refractivity contribution in [2.45, 2.75) is 6.54 Å². The van der Waals surface area contributed by atoms with Gasteiger partial charge in [0.05, 0.1) is 11.7 Å². The first-order valence-electron chi connectivity index (χ1n) is 10.2. The molecule has 0 unspecified atom stereocenters. The Hall–Kier alpha value is -4.23. The third kappa shape index (κ3) is 3.90. The number of benzene rings is 3. The molecule has 1 aliphatic carbocycles. The zero-order chi connectivity index (χ0) is 22.9. The summed E-state index contributed by atoms with van der Waals surface area (Å²) in [7, 11) is 0. The highest BCUT2D eigenvalue weighted by Crippen LogP contribution is 2.27. The minimum atomic E-state index is -0.380. The standard InChI is InChI=1S/C25H17ClN4O3/c26-21-22(24(32)19-4-2-1-3-18(19)23(21)31)27-12-14-5-7-15(8-6-14)25(33)29-17-10-9-16-13-28-30-20(16)11-17/h1-11,13,27H,12H2,(H,28,30)(H,29,33). The van der Waals surface area contributed by atoms with Crippen molar-refractivity contribution < 1.29 is 14.4 Å². The van der Waals surface area contributed by atoms with E-state index >= 15 is 0 Å². The van der Waals surface area contributed by atoms with Gasteiger partial charge in [0.15, 0.2) is 0 Å². The Bertz CT molecular complexity index is 1450. The van der Waals surface area contributed by atoms with E-state index in [0.717, 1.165) is 16.5 Å². The van der Waals surface area contributed by atoms with E-state index in [2.05, 4.69) is 20.8 Å². The van der Waals surface area contributed by atoms with Gasteiger partial charge >= 0.3 is 0 Å². The van der Waals surface area contributed by atoms with Crippen LogP contribution in [0, 0.1) is 0 Å². The SMILES string of the molecule is O=C(Nc1ccc2cn[nH]c2c1)c1ccc(CNC2=C(Cl)C(=O)c3ccccc3C2=O)cc1. The monoisotopic (exact) mass is 456 g/mol. The van der Waals surface area contributed by atoms with Crippen LogP contribution in [-0.4, -0.2) is 27.7 Å². The van der Waals surface area contributed by atoms with Gasteiger partial charge in [0.25, 0.3) is 5.91 Å². The molecule has 5 rings (SSSR count). The summed E-state index contributed by atoms with van der Waals surface area (Å²) in [5.74, 6) is -0.945. The molecule has 3 aromatic carbocycles. The van der Waals surface area contributed by atoms with Crippen LogP contribution in [0.4, 0.5) is 5.69 Å². The van der Waals surface area contributed by atoms with E-state index in [-0.39, 0.29) is 34.7 Å². The van der Waals surface area contributed by atoms with Crippen LogP contribution in [0.2, 0.25) is 0 Å². The predicted octanol–water partition coefficient (Wildman–Crippen LogP) is 4.43. The van der Waals surface area contributed by atoms with Crippen LogP contribution in [0.5, 0.6) is 0 Å². The fraction of sp³-hybridized carbons (Fsp3) is 0.0400. The lowest BCUT2D eigenvalue weighted by Crippen LogP contribution is -2.28. The molecule has 7 nitrogen and oxygen atoms in total. The number of nitrogens with zero attached hydrogens (tertiary/aromatic N) is 1. The molecule has 33 heavy (non-hydrogen) atoms. The Morgan fingerprint density at radius 1 is 0.939 bits per heavy atom. The number of rotatable bonds is 5. The number of carbonyl (C=O) groups excluding carboxylic acids is 3. The fourth-order valence-electron chi connectivity index (χ4n) is 3.69. The van der Waals surface area contributed by atoms with E-state index in [1.54, 1.807) is 54.7 Å². The fourth-order valence-corrected chi connectivity index (χ4v) is 3.94. The molecule has 0 bridgehead atoms. The Labute approximate surface area is 193 Å². The summed E-state index contributed by atoms with van der Waals surface area (Å²) in [5.41, 5.74) is 3.51. The van der Waals surface area contributed by atoms with Gasteiger partial charge in [-0.15, -0.1) is 0 Å². The molecule has 0 atom stereocenters. The molecule has 0 saturated heterocycles. The summed E-state index contributed by atoms with van der Waals surface area (Å²) >= 11 is 6.18. The molecule has 0 fully saturated rings. The van der Waals surface area contributed by atoms with E-state index in [1.165, 1.54) is 0 Å². The molecule has 4 aromatic rings. The molecule has 1 aliphatic rings. The maximum absolute atomic E-state index is 12.8. The van der Waals surface area contributed by atoms with Crippen LogP contribution in [0.25, 0.3) is 10.9 Å². The lowest BCUT2D eigenvalue weighted by molar-refractivity contribution is 0.0974. The number of nitrogens with one attached hydrogen (secondary N) is 3. The second-order valence-corrected chi connectivity index (χ2v) is 7.95. The summed E-state index contributed by atoms with van der Waals surface area (Å²) in [4.78, 5) is 37.8. The molecule has 0 saturated carbocycles. The third-order valence-electron chi connectivity index (χ3n) is 5.45. The number of amides is 1. The number of ketones is 2. The predicted molar refractivity (Wildman–Crippen MR) is 125 cm³/mol. The van der Waals surface area contributed by atoms with Gasteiger partial charge in [0.2, 0.25) is 11.6 Å². The first kappa shape index (κ1) is 20.7. The number of halogens is 1. The number of aromatic nitrogens is 2. The molecule has 0 aliphatic heterocycles. The van der Waals surface area contributed by atoms with E-state index in [1.807, 2.05) is 18.2 Å². The summed E-state index contributed by atoms with van der Waals surface area (Å²) in [6.45, 7) is 0.269. The number of hydrogen-bond acceptors (Lipinski definition) is 5. The number of H-pyrrole nitrogens is 1. The van der Waals surface area contributed by atoms with E-state index in [9.17, 15) is 14.4 Å². The van der Waals surface area contributed by atoms with Gasteiger partial charge in [0.1, 0.15) is 10.7 Å². The lowest BCUT2D eigenvalue weighted by atomic mass is 9.92. The molecule has 1 amide bonds. The molecule has 1 heterocycles. The van der Waals surface area contributed by atoms with Crippen molar-refractivity contribution in [2.24, 2.45) is 0 Å². The van der Waals surface area contributed by atoms with Crippen molar-refractivity contribution in [1.29, 1.82) is 0 Å². The quantitative estimate of drug-likeness (QED) is 0.412. The zero-order valence-electron chi connectivity index (χ0n) is 17.2. The molecule has 3 N–H and O–H groups in total. The smallest absolute Gasteiger partial charge is 0.255 e. The van der Waals surface area contributed by atoms with Gasteiger partial charge in [-0.1, -0.05) is 48.0 Å². The van der Waals surface area contributed by atoms with Gasteiger partial charge in [-0.25, -0.2) is 0 Å². The van der Waals surface area contributed by atoms with Gasteiger partial charge in [-0.2, -0.15) is 5.10 Å². The molecular weight excluding hydrogens is 440 g/mol. The maximum atomic E-state index is 12.8. The third-order valence-corrected chi connectivity index (χ3v) is 5.81. The topological polar surface area (TPSA) is 104 Å². The van der Waals surface area contributed by atoms with Crippen molar-refractivity contribution >= 4 is 45.7 Å². The summed E-state index contributed by atoms with van der Waals surface area (Å²) < 4.78 is 0. The largest absolute Gasteiger partial charge is 0.376 e. The second-order valence-electron chi connectivity index (χ2n) is 7.57. The molecule has 162 valence electrons. The summed E-state index contributed by atoms with van der Waals surface area (Å²) in [5, 5.41) is 13.5. The second kappa shape index (κ2) is 8.37. The Balaban J connectivity index is 1.26. The summed E-state index contributed by atoms with van der Waals surface area (Å²) in [6.07, 6.45) is 1.71. The van der Waals surface area contributed by atoms with Crippen molar-refractivity contribution in [1.82, 2.24) is 15.5 Å². The number of fused-ring (bicyclic) bond motifs is 2. The maximum Gasteiger partial charge on any atom is 0.255 e. The summed E-state index contributed by atoms with van der Waals surface area (Å²) in [6, 6.07) is 19.0. The number of carbonyl (C=O) groups is 3. The van der Waals surface area contributed by atoms with Gasteiger partial charge in [-0.05, 0) is 35.9 Å². The van der Waals surface area contributed by atoms with Crippen LogP contribution in [0.15, 0.2) is 83.7 Å². The van der Waals surface area contributed by atoms with Crippen LogP contribution in [-0.2, 0) is 6.54 Å². The molecule has 0 spiro atoms. The number of allylic oxidation sites excluding steroid dienone is 2. The number of anilines is 1. The number of aromatic amines is 1. The van der Waals surface area contributed by atoms with Gasteiger partial charge < -0.3 is 10.6 Å². The van der Waals surface area contributed by atoms with Crippen molar-refractivity contribution in [3.05, 3.63) is 106 Å². The zero-order valence-corrected chi connectivity index (χ0v) is 17.9. The average molecular weight is 457 g/mol. The van der Waals surface area contributed by atoms with Crippen LogP contribution in [0.3, 0.4) is 0 Å². The van der Waals surface area contributed by atoms with Crippen molar-refractivity contribution in [3.63, 3.8) is 0 Å². The minimum absolute atomic E-state index is 0.0800. The normalized spacial score (nSPS) is 13.2. The number of Topliss-reactive ketones (excluding diaryl/α,β-unsaturated/α-hetero) is 2. The Morgan fingerprint density at radius 2 is 1.67 bits per heavy atom. The molecule has 8 heteroatoms. The average Bonchev–Trinajstić information content (AvgIpc) is 3.31.